The van der Waals surface area contributed by atoms with E-state index < -0.39 is 12.2 Å². The Morgan fingerprint density at radius 1 is 1.24 bits per heavy atom. The lowest BCUT2D eigenvalue weighted by Gasteiger charge is -2.27. The standard InChI is InChI=1S/C25H25F2N3O3/c1-30-22(31)25(29-24(30)28,18-8-5-7-16(14-18)6-3-4-13-32-2)19-11-12-21(33-23(26)27)20(15-19)17-9-10-17/h5,7-8,11-12,14-15,17,23H,4,9-10,13H2,1-2H3,(H2,28,29)/t25-/m1/s1. The van der Waals surface area contributed by atoms with Gasteiger partial charge in [0.05, 0.1) is 6.61 Å². The van der Waals surface area contributed by atoms with Crippen molar-refractivity contribution < 1.29 is 23.0 Å². The highest BCUT2D eigenvalue weighted by Crippen LogP contribution is 2.48. The molecule has 2 N–H and O–H groups in total. The smallest absolute Gasteiger partial charge is 0.387 e. The molecule has 1 atom stereocenters. The summed E-state index contributed by atoms with van der Waals surface area (Å²) in [6.45, 7) is -2.40. The van der Waals surface area contributed by atoms with Crippen molar-refractivity contribution in [1.29, 1.82) is 0 Å². The Balaban J connectivity index is 1.83. The van der Waals surface area contributed by atoms with Crippen molar-refractivity contribution in [2.45, 2.75) is 37.3 Å². The molecular formula is C25H25F2N3O3. The molecule has 1 amide bonds. The molecule has 0 aromatic heterocycles. The van der Waals surface area contributed by atoms with Crippen LogP contribution in [-0.2, 0) is 15.1 Å². The molecule has 33 heavy (non-hydrogen) atoms. The molecule has 172 valence electrons. The van der Waals surface area contributed by atoms with Crippen LogP contribution in [0.3, 0.4) is 0 Å². The first-order valence-electron chi connectivity index (χ1n) is 10.7. The average molecular weight is 453 g/mol. The van der Waals surface area contributed by atoms with Crippen LogP contribution in [0, 0.1) is 11.8 Å². The van der Waals surface area contributed by atoms with E-state index in [-0.39, 0.29) is 23.5 Å². The normalized spacial score (nSPS) is 20.0. The van der Waals surface area contributed by atoms with Gasteiger partial charge in [0.1, 0.15) is 5.75 Å². The molecule has 0 unspecified atom stereocenters. The number of nitrogens with two attached hydrogens (primary N) is 1. The van der Waals surface area contributed by atoms with Crippen LogP contribution in [0.25, 0.3) is 0 Å². The van der Waals surface area contributed by atoms with E-state index in [2.05, 4.69) is 16.8 Å². The number of hydrogen-bond donors (Lipinski definition) is 1. The minimum absolute atomic E-state index is 0.0810. The summed E-state index contributed by atoms with van der Waals surface area (Å²) in [5.41, 5.74) is 7.15. The van der Waals surface area contributed by atoms with Gasteiger partial charge in [-0.1, -0.05) is 30.0 Å². The summed E-state index contributed by atoms with van der Waals surface area (Å²) >= 11 is 0. The molecule has 0 spiro atoms. The van der Waals surface area contributed by atoms with Crippen LogP contribution in [0.4, 0.5) is 8.78 Å². The van der Waals surface area contributed by atoms with Crippen LogP contribution in [0.15, 0.2) is 47.5 Å². The van der Waals surface area contributed by atoms with E-state index >= 15 is 0 Å². The lowest BCUT2D eigenvalue weighted by molar-refractivity contribution is -0.129. The molecule has 1 aliphatic carbocycles. The average Bonchev–Trinajstić information content (AvgIpc) is 3.61. The molecular weight excluding hydrogens is 428 g/mol. The first-order chi connectivity index (χ1) is 15.9. The van der Waals surface area contributed by atoms with Crippen molar-refractivity contribution >= 4 is 11.9 Å². The predicted molar refractivity (Wildman–Crippen MR) is 120 cm³/mol. The van der Waals surface area contributed by atoms with E-state index in [1.807, 2.05) is 18.2 Å². The lowest BCUT2D eigenvalue weighted by atomic mass is 9.81. The van der Waals surface area contributed by atoms with Crippen LogP contribution in [-0.4, -0.2) is 44.1 Å². The molecule has 6 nitrogen and oxygen atoms in total. The molecule has 1 fully saturated rings. The summed E-state index contributed by atoms with van der Waals surface area (Å²) in [6, 6.07) is 12.1. The van der Waals surface area contributed by atoms with Crippen LogP contribution >= 0.6 is 0 Å². The highest BCUT2D eigenvalue weighted by molar-refractivity contribution is 6.09. The number of hydrogen-bond acceptors (Lipinski definition) is 5. The molecule has 1 heterocycles. The number of carbonyl (C=O) groups excluding carboxylic acids is 1. The number of alkyl halides is 2. The van der Waals surface area contributed by atoms with Gasteiger partial charge in [-0.25, -0.2) is 4.99 Å². The van der Waals surface area contributed by atoms with Crippen molar-refractivity contribution in [2.24, 2.45) is 10.7 Å². The summed E-state index contributed by atoms with van der Waals surface area (Å²) in [5, 5.41) is 0. The molecule has 2 aromatic carbocycles. The molecule has 4 rings (SSSR count). The largest absolute Gasteiger partial charge is 0.435 e. The summed E-state index contributed by atoms with van der Waals surface area (Å²) in [5.74, 6) is 6.12. The number of methoxy groups -OCH3 is 1. The van der Waals surface area contributed by atoms with Gasteiger partial charge in [-0.15, -0.1) is 0 Å². The fourth-order valence-corrected chi connectivity index (χ4v) is 4.01. The van der Waals surface area contributed by atoms with Crippen LogP contribution in [0.2, 0.25) is 0 Å². The molecule has 2 aromatic rings. The van der Waals surface area contributed by atoms with Crippen molar-refractivity contribution in [1.82, 2.24) is 4.90 Å². The van der Waals surface area contributed by atoms with Gasteiger partial charge in [0.25, 0.3) is 5.91 Å². The van der Waals surface area contributed by atoms with Gasteiger partial charge in [-0.05, 0) is 59.7 Å². The number of amides is 1. The summed E-state index contributed by atoms with van der Waals surface area (Å²) < 4.78 is 35.6. The third-order valence-corrected chi connectivity index (χ3v) is 5.85. The van der Waals surface area contributed by atoms with E-state index in [9.17, 15) is 13.6 Å². The number of ether oxygens (including phenoxy) is 2. The Bertz CT molecular complexity index is 1150. The third kappa shape index (κ3) is 4.41. The Morgan fingerprint density at radius 3 is 2.64 bits per heavy atom. The zero-order valence-electron chi connectivity index (χ0n) is 18.5. The maximum absolute atomic E-state index is 13.5. The first-order valence-corrected chi connectivity index (χ1v) is 10.7. The third-order valence-electron chi connectivity index (χ3n) is 5.85. The van der Waals surface area contributed by atoms with Crippen LogP contribution < -0.4 is 10.5 Å². The minimum Gasteiger partial charge on any atom is -0.435 e. The van der Waals surface area contributed by atoms with Crippen molar-refractivity contribution in [3.05, 3.63) is 64.7 Å². The van der Waals surface area contributed by atoms with E-state index in [0.717, 1.165) is 18.4 Å². The number of benzene rings is 2. The molecule has 0 bridgehead atoms. The van der Waals surface area contributed by atoms with E-state index in [1.54, 1.807) is 32.4 Å². The number of nitrogens with zero attached hydrogens (tertiary/aromatic N) is 2. The summed E-state index contributed by atoms with van der Waals surface area (Å²) in [7, 11) is 3.18. The zero-order valence-corrected chi connectivity index (χ0v) is 18.5. The highest BCUT2D eigenvalue weighted by Gasteiger charge is 2.50. The maximum Gasteiger partial charge on any atom is 0.387 e. The Labute approximate surface area is 191 Å². The first kappa shape index (κ1) is 22.7. The van der Waals surface area contributed by atoms with E-state index in [4.69, 9.17) is 15.2 Å². The van der Waals surface area contributed by atoms with Crippen molar-refractivity contribution in [3.63, 3.8) is 0 Å². The molecule has 0 radical (unpaired) electrons. The van der Waals surface area contributed by atoms with Gasteiger partial charge < -0.3 is 15.2 Å². The Hall–Kier alpha value is -3.44. The summed E-state index contributed by atoms with van der Waals surface area (Å²) in [6.07, 6.45) is 2.33. The number of carbonyl (C=O) groups is 1. The van der Waals surface area contributed by atoms with Gasteiger partial charge >= 0.3 is 6.61 Å². The fraction of sp³-hybridized carbons (Fsp3) is 0.360. The van der Waals surface area contributed by atoms with Crippen molar-refractivity contribution in [3.8, 4) is 17.6 Å². The second-order valence-electron chi connectivity index (χ2n) is 8.08. The molecule has 8 heteroatoms. The van der Waals surface area contributed by atoms with Gasteiger partial charge in [0.15, 0.2) is 11.5 Å². The van der Waals surface area contributed by atoms with Gasteiger partial charge in [0, 0.05) is 26.1 Å². The van der Waals surface area contributed by atoms with Crippen LogP contribution in [0.5, 0.6) is 5.75 Å². The lowest BCUT2D eigenvalue weighted by Crippen LogP contribution is -2.41. The van der Waals surface area contributed by atoms with Gasteiger partial charge in [0.2, 0.25) is 0 Å². The quantitative estimate of drug-likeness (QED) is 0.514. The maximum atomic E-state index is 13.5. The monoisotopic (exact) mass is 453 g/mol. The van der Waals surface area contributed by atoms with E-state index in [0.29, 0.717) is 29.7 Å². The summed E-state index contributed by atoms with van der Waals surface area (Å²) in [4.78, 5) is 19.4. The number of rotatable bonds is 7. The second kappa shape index (κ2) is 9.20. The minimum atomic E-state index is -2.93. The highest BCUT2D eigenvalue weighted by atomic mass is 19.3. The number of aliphatic imine (C=N–C) groups is 1. The SMILES string of the molecule is COCCC#Cc1cccc([C@]2(c3ccc(OC(F)F)c(C4CC4)c3)N=C(N)N(C)C2=O)c1. The number of likely N-dealkylation sites (N-methyl/N-ethyl adjacent to an activating group) is 1. The van der Waals surface area contributed by atoms with Gasteiger partial charge in [-0.3, -0.25) is 9.69 Å². The Morgan fingerprint density at radius 2 is 2.00 bits per heavy atom. The van der Waals surface area contributed by atoms with Crippen molar-refractivity contribution in [2.75, 3.05) is 20.8 Å². The molecule has 1 saturated carbocycles. The number of guanidine groups is 1. The predicted octanol–water partition coefficient (Wildman–Crippen LogP) is 3.58. The topological polar surface area (TPSA) is 77.2 Å². The second-order valence-corrected chi connectivity index (χ2v) is 8.08. The van der Waals surface area contributed by atoms with Gasteiger partial charge in [-0.2, -0.15) is 8.78 Å². The Kier molecular flexibility index (Phi) is 6.34. The number of halogens is 2. The molecule has 1 aliphatic heterocycles. The molecule has 0 saturated heterocycles. The fourth-order valence-electron chi connectivity index (χ4n) is 4.01. The van der Waals surface area contributed by atoms with E-state index in [1.165, 1.54) is 11.0 Å². The molecule has 2 aliphatic rings. The van der Waals surface area contributed by atoms with Crippen LogP contribution in [0.1, 0.15) is 47.4 Å². The zero-order chi connectivity index (χ0) is 23.6.